The average Bonchev–Trinajstić information content (AvgIpc) is 2.72. The predicted molar refractivity (Wildman–Crippen MR) is 68.6 cm³/mol. The number of aryl methyl sites for hydroxylation is 1. The molecule has 1 aromatic rings. The van der Waals surface area contributed by atoms with E-state index in [1.807, 2.05) is 12.3 Å². The van der Waals surface area contributed by atoms with Crippen LogP contribution in [0.3, 0.4) is 0 Å². The van der Waals surface area contributed by atoms with Crippen LogP contribution in [0.25, 0.3) is 0 Å². The highest BCUT2D eigenvalue weighted by Gasteiger charge is 2.19. The van der Waals surface area contributed by atoms with E-state index < -0.39 is 18.0 Å². The fourth-order valence-corrected chi connectivity index (χ4v) is 2.17. The lowest BCUT2D eigenvalue weighted by molar-refractivity contribution is -0.139. The molecule has 6 nitrogen and oxygen atoms in total. The molecule has 1 rings (SSSR count). The van der Waals surface area contributed by atoms with Crippen LogP contribution in [0, 0.1) is 6.92 Å². The molecule has 0 bridgehead atoms. The Balaban J connectivity index is 2.52. The summed E-state index contributed by atoms with van der Waals surface area (Å²) in [5.41, 5.74) is 0.904. The Bertz CT molecular complexity index is 433. The Kier molecular flexibility index (Phi) is 5.08. The summed E-state index contributed by atoms with van der Waals surface area (Å²) in [4.78, 5) is 26.6. The van der Waals surface area contributed by atoms with E-state index in [4.69, 9.17) is 5.11 Å². The standard InChI is InChI=1S/C11H17N3O3S/c1-4-8(10(15)16)14-11(17)13-7(3)9-12-6(2)5-18-9/h5,7-8H,4H2,1-3H3,(H,15,16)(H2,13,14,17)/t7?,8-/m0/s1. The van der Waals surface area contributed by atoms with Gasteiger partial charge >= 0.3 is 12.0 Å². The molecular formula is C11H17N3O3S. The maximum Gasteiger partial charge on any atom is 0.326 e. The minimum absolute atomic E-state index is 0.241. The summed E-state index contributed by atoms with van der Waals surface area (Å²) in [5, 5.41) is 16.6. The van der Waals surface area contributed by atoms with Gasteiger partial charge in [0.05, 0.1) is 6.04 Å². The molecule has 0 spiro atoms. The Morgan fingerprint density at radius 2 is 2.17 bits per heavy atom. The van der Waals surface area contributed by atoms with Crippen molar-refractivity contribution < 1.29 is 14.7 Å². The summed E-state index contributed by atoms with van der Waals surface area (Å²) >= 11 is 1.46. The molecule has 0 aromatic carbocycles. The quantitative estimate of drug-likeness (QED) is 0.759. The summed E-state index contributed by atoms with van der Waals surface area (Å²) in [6.45, 7) is 5.39. The second-order valence-corrected chi connectivity index (χ2v) is 4.86. The van der Waals surface area contributed by atoms with E-state index in [0.717, 1.165) is 10.7 Å². The Hall–Kier alpha value is -1.63. The fourth-order valence-electron chi connectivity index (χ4n) is 1.37. The van der Waals surface area contributed by atoms with Crippen LogP contribution in [0.15, 0.2) is 5.38 Å². The van der Waals surface area contributed by atoms with Crippen LogP contribution in [0.1, 0.15) is 37.0 Å². The van der Waals surface area contributed by atoms with E-state index in [0.29, 0.717) is 6.42 Å². The lowest BCUT2D eigenvalue weighted by Crippen LogP contribution is -2.46. The van der Waals surface area contributed by atoms with Crippen molar-refractivity contribution in [2.75, 3.05) is 0 Å². The number of hydrogen-bond acceptors (Lipinski definition) is 4. The smallest absolute Gasteiger partial charge is 0.326 e. The minimum atomic E-state index is -1.04. The molecule has 0 radical (unpaired) electrons. The van der Waals surface area contributed by atoms with Crippen LogP contribution >= 0.6 is 11.3 Å². The van der Waals surface area contributed by atoms with Gasteiger partial charge in [-0.15, -0.1) is 11.3 Å². The van der Waals surface area contributed by atoms with E-state index in [9.17, 15) is 9.59 Å². The Labute approximate surface area is 109 Å². The van der Waals surface area contributed by atoms with Gasteiger partial charge in [0.1, 0.15) is 11.0 Å². The summed E-state index contributed by atoms with van der Waals surface area (Å²) < 4.78 is 0. The Morgan fingerprint density at radius 3 is 2.61 bits per heavy atom. The van der Waals surface area contributed by atoms with Crippen molar-refractivity contribution >= 4 is 23.3 Å². The molecule has 3 N–H and O–H groups in total. The van der Waals surface area contributed by atoms with Crippen molar-refractivity contribution in [2.24, 2.45) is 0 Å². The molecule has 0 saturated carbocycles. The first kappa shape index (κ1) is 14.4. The van der Waals surface area contributed by atoms with Gasteiger partial charge in [0.15, 0.2) is 0 Å². The summed E-state index contributed by atoms with van der Waals surface area (Å²) in [7, 11) is 0. The SMILES string of the molecule is CC[C@H](NC(=O)NC(C)c1nc(C)cs1)C(=O)O. The van der Waals surface area contributed by atoms with Crippen molar-refractivity contribution in [1.29, 1.82) is 0 Å². The van der Waals surface area contributed by atoms with Gasteiger partial charge in [-0.25, -0.2) is 14.6 Å². The number of carboxylic acid groups (broad SMARTS) is 1. The lowest BCUT2D eigenvalue weighted by Gasteiger charge is -2.16. The molecule has 18 heavy (non-hydrogen) atoms. The second-order valence-electron chi connectivity index (χ2n) is 3.97. The van der Waals surface area contributed by atoms with Crippen molar-refractivity contribution in [3.05, 3.63) is 16.1 Å². The van der Waals surface area contributed by atoms with Crippen molar-refractivity contribution in [3.63, 3.8) is 0 Å². The normalized spacial score (nSPS) is 13.7. The summed E-state index contributed by atoms with van der Waals surface area (Å²) in [5.74, 6) is -1.04. The largest absolute Gasteiger partial charge is 0.480 e. The van der Waals surface area contributed by atoms with Gasteiger partial charge in [-0.05, 0) is 20.3 Å². The van der Waals surface area contributed by atoms with Crippen LogP contribution in [-0.2, 0) is 4.79 Å². The van der Waals surface area contributed by atoms with E-state index in [1.165, 1.54) is 11.3 Å². The number of carbonyl (C=O) groups is 2. The van der Waals surface area contributed by atoms with Crippen LogP contribution in [-0.4, -0.2) is 28.1 Å². The van der Waals surface area contributed by atoms with Gasteiger partial charge < -0.3 is 15.7 Å². The monoisotopic (exact) mass is 271 g/mol. The first-order chi connectivity index (χ1) is 8.43. The van der Waals surface area contributed by atoms with Gasteiger partial charge in [-0.2, -0.15) is 0 Å². The summed E-state index contributed by atoms with van der Waals surface area (Å²) in [6, 6.07) is -1.60. The number of rotatable bonds is 5. The molecule has 0 aliphatic heterocycles. The second kappa shape index (κ2) is 6.34. The third kappa shape index (κ3) is 3.99. The fraction of sp³-hybridized carbons (Fsp3) is 0.545. The van der Waals surface area contributed by atoms with Crippen LogP contribution in [0.2, 0.25) is 0 Å². The van der Waals surface area contributed by atoms with Crippen LogP contribution in [0.5, 0.6) is 0 Å². The van der Waals surface area contributed by atoms with Gasteiger partial charge in [0.25, 0.3) is 0 Å². The number of nitrogens with zero attached hydrogens (tertiary/aromatic N) is 1. The number of amides is 2. The van der Waals surface area contributed by atoms with Crippen LogP contribution < -0.4 is 10.6 Å². The zero-order chi connectivity index (χ0) is 13.7. The van der Waals surface area contributed by atoms with Gasteiger partial charge in [-0.3, -0.25) is 0 Å². The summed E-state index contributed by atoms with van der Waals surface area (Å²) in [6.07, 6.45) is 0.341. The van der Waals surface area contributed by atoms with Gasteiger partial charge in [-0.1, -0.05) is 6.92 Å². The van der Waals surface area contributed by atoms with Gasteiger partial charge in [0, 0.05) is 11.1 Å². The first-order valence-corrected chi connectivity index (χ1v) is 6.53. The van der Waals surface area contributed by atoms with E-state index in [-0.39, 0.29) is 6.04 Å². The number of carbonyl (C=O) groups excluding carboxylic acids is 1. The maximum absolute atomic E-state index is 11.6. The van der Waals surface area contributed by atoms with Crippen molar-refractivity contribution in [3.8, 4) is 0 Å². The molecule has 1 heterocycles. The molecule has 0 saturated heterocycles. The van der Waals surface area contributed by atoms with Gasteiger partial charge in [0.2, 0.25) is 0 Å². The molecule has 2 atom stereocenters. The van der Waals surface area contributed by atoms with Crippen molar-refractivity contribution in [1.82, 2.24) is 15.6 Å². The van der Waals surface area contributed by atoms with E-state index in [1.54, 1.807) is 13.8 Å². The number of nitrogens with one attached hydrogen (secondary N) is 2. The Morgan fingerprint density at radius 1 is 1.50 bits per heavy atom. The zero-order valence-corrected chi connectivity index (χ0v) is 11.4. The topological polar surface area (TPSA) is 91.3 Å². The number of urea groups is 1. The number of hydrogen-bond donors (Lipinski definition) is 3. The molecule has 0 aliphatic carbocycles. The predicted octanol–water partition coefficient (Wildman–Crippen LogP) is 1.67. The average molecular weight is 271 g/mol. The molecule has 2 amide bonds. The number of carboxylic acids is 1. The maximum atomic E-state index is 11.6. The molecule has 1 unspecified atom stereocenters. The highest BCUT2D eigenvalue weighted by Crippen LogP contribution is 2.17. The first-order valence-electron chi connectivity index (χ1n) is 5.65. The molecule has 0 aliphatic rings. The molecule has 7 heteroatoms. The molecule has 100 valence electrons. The number of aromatic nitrogens is 1. The van der Waals surface area contributed by atoms with Crippen LogP contribution in [0.4, 0.5) is 4.79 Å². The van der Waals surface area contributed by atoms with Crippen molar-refractivity contribution in [2.45, 2.75) is 39.3 Å². The third-order valence-electron chi connectivity index (χ3n) is 2.37. The van der Waals surface area contributed by atoms with E-state index >= 15 is 0 Å². The number of thiazole rings is 1. The van der Waals surface area contributed by atoms with E-state index in [2.05, 4.69) is 15.6 Å². The highest BCUT2D eigenvalue weighted by molar-refractivity contribution is 7.09. The molecule has 0 fully saturated rings. The number of aliphatic carboxylic acids is 1. The zero-order valence-electron chi connectivity index (χ0n) is 10.6. The lowest BCUT2D eigenvalue weighted by atomic mass is 10.2. The molecular weight excluding hydrogens is 254 g/mol. The minimum Gasteiger partial charge on any atom is -0.480 e. The highest BCUT2D eigenvalue weighted by atomic mass is 32.1. The third-order valence-corrected chi connectivity index (χ3v) is 3.51. The molecule has 1 aromatic heterocycles.